The lowest BCUT2D eigenvalue weighted by Crippen LogP contribution is -2.50. The summed E-state index contributed by atoms with van der Waals surface area (Å²) in [5.41, 5.74) is 0. The highest BCUT2D eigenvalue weighted by molar-refractivity contribution is 5.82. The lowest BCUT2D eigenvalue weighted by atomic mass is 10.1. The van der Waals surface area contributed by atoms with Crippen LogP contribution in [-0.4, -0.2) is 58.4 Å². The second kappa shape index (κ2) is 7.17. The maximum absolute atomic E-state index is 10.7. The maximum atomic E-state index is 10.7. The van der Waals surface area contributed by atoms with Crippen LogP contribution >= 0.6 is 0 Å². The fraction of sp³-hybridized carbons (Fsp3) is 0.500. The second-order valence-corrected chi connectivity index (χ2v) is 2.98. The third-order valence-corrected chi connectivity index (χ3v) is 1.71. The van der Waals surface area contributed by atoms with E-state index in [1.807, 2.05) is 0 Å². The molecule has 4 N–H and O–H groups in total. The first kappa shape index (κ1) is 14.8. The molecule has 2 atom stereocenters. The minimum absolute atomic E-state index is 0.00455. The van der Waals surface area contributed by atoms with Crippen LogP contribution in [0, 0.1) is 0 Å². The minimum Gasteiger partial charge on any atom is -0.481 e. The molecule has 0 heterocycles. The van der Waals surface area contributed by atoms with Crippen molar-refractivity contribution in [1.29, 1.82) is 0 Å². The van der Waals surface area contributed by atoms with Gasteiger partial charge in [-0.05, 0) is 0 Å². The van der Waals surface area contributed by atoms with Gasteiger partial charge in [-0.25, -0.2) is 0 Å². The number of carbonyl (C=O) groups excluding carboxylic acids is 1. The molecule has 0 saturated carbocycles. The van der Waals surface area contributed by atoms with Gasteiger partial charge in [0.2, 0.25) is 0 Å². The molecule has 0 aromatic heterocycles. The quantitative estimate of drug-likeness (QED) is 0.344. The third-order valence-electron chi connectivity index (χ3n) is 1.71. The summed E-state index contributed by atoms with van der Waals surface area (Å²) >= 11 is 0. The highest BCUT2D eigenvalue weighted by Gasteiger charge is 2.28. The molecular formula is C8H11NO8. The van der Waals surface area contributed by atoms with Crippen molar-refractivity contribution in [1.82, 2.24) is 5.32 Å². The predicted molar refractivity (Wildman–Crippen MR) is 50.3 cm³/mol. The summed E-state index contributed by atoms with van der Waals surface area (Å²) in [6, 6.07) is -3.07. The SMILES string of the molecule is O=COCC(NC(CC(=O)O)C(=O)O)C(=O)O. The van der Waals surface area contributed by atoms with E-state index in [-0.39, 0.29) is 6.47 Å². The topological polar surface area (TPSA) is 150 Å². The van der Waals surface area contributed by atoms with Gasteiger partial charge < -0.3 is 20.1 Å². The van der Waals surface area contributed by atoms with E-state index in [9.17, 15) is 19.2 Å². The lowest BCUT2D eigenvalue weighted by molar-refractivity contribution is -0.149. The van der Waals surface area contributed by atoms with E-state index in [1.54, 1.807) is 0 Å². The van der Waals surface area contributed by atoms with Crippen LogP contribution in [0.5, 0.6) is 0 Å². The molecule has 0 saturated heterocycles. The molecule has 0 aromatic carbocycles. The molecule has 9 heteroatoms. The van der Waals surface area contributed by atoms with E-state index in [1.165, 1.54) is 0 Å². The molecule has 0 bridgehead atoms. The van der Waals surface area contributed by atoms with Crippen LogP contribution in [0.4, 0.5) is 0 Å². The first-order valence-corrected chi connectivity index (χ1v) is 4.37. The Hall–Kier alpha value is -2.16. The van der Waals surface area contributed by atoms with Gasteiger partial charge in [0, 0.05) is 0 Å². The van der Waals surface area contributed by atoms with Crippen molar-refractivity contribution in [3.8, 4) is 0 Å². The third kappa shape index (κ3) is 6.10. The van der Waals surface area contributed by atoms with E-state index in [0.29, 0.717) is 0 Å². The lowest BCUT2D eigenvalue weighted by Gasteiger charge is -2.18. The number of carboxylic acids is 3. The van der Waals surface area contributed by atoms with E-state index in [0.717, 1.165) is 0 Å². The normalized spacial score (nSPS) is 13.4. The van der Waals surface area contributed by atoms with Crippen molar-refractivity contribution in [2.75, 3.05) is 6.61 Å². The molecule has 0 aliphatic rings. The predicted octanol–water partition coefficient (Wildman–Crippen LogP) is -1.87. The second-order valence-electron chi connectivity index (χ2n) is 2.98. The Morgan fingerprint density at radius 1 is 1.12 bits per heavy atom. The Balaban J connectivity index is 4.55. The molecule has 0 aromatic rings. The number of rotatable bonds is 9. The smallest absolute Gasteiger partial charge is 0.324 e. The zero-order valence-electron chi connectivity index (χ0n) is 8.53. The van der Waals surface area contributed by atoms with Gasteiger partial charge in [-0.3, -0.25) is 24.5 Å². The summed E-state index contributed by atoms with van der Waals surface area (Å²) in [6.45, 7) is -0.590. The molecule has 2 unspecified atom stereocenters. The standard InChI is InChI=1S/C8H11NO8/c10-3-17-2-5(8(15)16)9-4(7(13)14)1-6(11)12/h3-5,9H,1-2H2,(H,11,12)(H,13,14)(H,15,16). The highest BCUT2D eigenvalue weighted by Crippen LogP contribution is 1.97. The first-order valence-electron chi connectivity index (χ1n) is 4.37. The summed E-state index contributed by atoms with van der Waals surface area (Å²) in [7, 11) is 0. The first-order chi connectivity index (χ1) is 7.88. The Morgan fingerprint density at radius 3 is 2.00 bits per heavy atom. The monoisotopic (exact) mass is 249 g/mol. The van der Waals surface area contributed by atoms with Crippen LogP contribution < -0.4 is 5.32 Å². The van der Waals surface area contributed by atoms with Crippen molar-refractivity contribution < 1.29 is 39.2 Å². The van der Waals surface area contributed by atoms with Crippen LogP contribution in [0.3, 0.4) is 0 Å². The number of nitrogens with one attached hydrogen (secondary N) is 1. The van der Waals surface area contributed by atoms with Crippen molar-refractivity contribution in [3.63, 3.8) is 0 Å². The maximum Gasteiger partial charge on any atom is 0.324 e. The van der Waals surface area contributed by atoms with Crippen LogP contribution in [0.25, 0.3) is 0 Å². The van der Waals surface area contributed by atoms with Crippen LogP contribution in [0.2, 0.25) is 0 Å². The van der Waals surface area contributed by atoms with Crippen molar-refractivity contribution >= 4 is 24.4 Å². The Kier molecular flexibility index (Phi) is 6.26. The van der Waals surface area contributed by atoms with Crippen LogP contribution in [-0.2, 0) is 23.9 Å². The molecule has 0 aliphatic heterocycles. The molecule has 0 rings (SSSR count). The molecule has 0 fully saturated rings. The number of hydrogen-bond donors (Lipinski definition) is 4. The van der Waals surface area contributed by atoms with Gasteiger partial charge in [0.25, 0.3) is 6.47 Å². The number of ether oxygens (including phenoxy) is 1. The number of hydrogen-bond acceptors (Lipinski definition) is 6. The Bertz CT molecular complexity index is 315. The van der Waals surface area contributed by atoms with Gasteiger partial charge in [-0.2, -0.15) is 0 Å². The summed E-state index contributed by atoms with van der Waals surface area (Å²) in [5, 5.41) is 27.8. The summed E-state index contributed by atoms with van der Waals surface area (Å²) in [6.07, 6.45) is -0.791. The average Bonchev–Trinajstić information content (AvgIpc) is 2.21. The van der Waals surface area contributed by atoms with E-state index in [2.05, 4.69) is 10.1 Å². The van der Waals surface area contributed by atoms with Gasteiger partial charge in [0.05, 0.1) is 6.42 Å². The molecule has 0 spiro atoms. The Morgan fingerprint density at radius 2 is 1.65 bits per heavy atom. The molecule has 0 aliphatic carbocycles. The summed E-state index contributed by atoms with van der Waals surface area (Å²) < 4.78 is 4.18. The van der Waals surface area contributed by atoms with Gasteiger partial charge >= 0.3 is 17.9 Å². The summed E-state index contributed by atoms with van der Waals surface area (Å²) in [5.74, 6) is -4.36. The average molecular weight is 249 g/mol. The molecule has 9 nitrogen and oxygen atoms in total. The molecular weight excluding hydrogens is 238 g/mol. The van der Waals surface area contributed by atoms with Crippen molar-refractivity contribution in [3.05, 3.63) is 0 Å². The van der Waals surface area contributed by atoms with Gasteiger partial charge in [0.15, 0.2) is 0 Å². The largest absolute Gasteiger partial charge is 0.481 e. The van der Waals surface area contributed by atoms with E-state index < -0.39 is 43.0 Å². The van der Waals surface area contributed by atoms with Crippen LogP contribution in [0.1, 0.15) is 6.42 Å². The molecule has 0 amide bonds. The van der Waals surface area contributed by atoms with Gasteiger partial charge in [-0.15, -0.1) is 0 Å². The van der Waals surface area contributed by atoms with Crippen LogP contribution in [0.15, 0.2) is 0 Å². The zero-order chi connectivity index (χ0) is 13.4. The minimum atomic E-state index is -1.58. The number of carboxylic acid groups (broad SMARTS) is 3. The van der Waals surface area contributed by atoms with Gasteiger partial charge in [0.1, 0.15) is 18.7 Å². The van der Waals surface area contributed by atoms with Gasteiger partial charge in [-0.1, -0.05) is 0 Å². The van der Waals surface area contributed by atoms with Crippen molar-refractivity contribution in [2.24, 2.45) is 0 Å². The van der Waals surface area contributed by atoms with E-state index >= 15 is 0 Å². The van der Waals surface area contributed by atoms with E-state index in [4.69, 9.17) is 15.3 Å². The number of aliphatic carboxylic acids is 3. The fourth-order valence-corrected chi connectivity index (χ4v) is 0.961. The Labute approximate surface area is 95.0 Å². The zero-order valence-corrected chi connectivity index (χ0v) is 8.53. The summed E-state index contributed by atoms with van der Waals surface area (Å²) in [4.78, 5) is 41.5. The fourth-order valence-electron chi connectivity index (χ4n) is 0.961. The highest BCUT2D eigenvalue weighted by atomic mass is 16.5. The molecule has 17 heavy (non-hydrogen) atoms. The number of carbonyl (C=O) groups is 4. The molecule has 0 radical (unpaired) electrons. The molecule has 96 valence electrons. The van der Waals surface area contributed by atoms with Crippen molar-refractivity contribution in [2.45, 2.75) is 18.5 Å².